The van der Waals surface area contributed by atoms with Crippen molar-refractivity contribution < 1.29 is 4.79 Å². The second-order valence-corrected chi connectivity index (χ2v) is 6.19. The van der Waals surface area contributed by atoms with Crippen LogP contribution in [0.1, 0.15) is 30.5 Å². The van der Waals surface area contributed by atoms with Crippen LogP contribution < -0.4 is 5.32 Å². The molecule has 3 rings (SSSR count). The van der Waals surface area contributed by atoms with Gasteiger partial charge in [0.15, 0.2) is 5.82 Å². The van der Waals surface area contributed by atoms with E-state index in [-0.39, 0.29) is 12.1 Å². The zero-order valence-electron chi connectivity index (χ0n) is 15.3. The van der Waals surface area contributed by atoms with Crippen molar-refractivity contribution in [3.05, 3.63) is 72.2 Å². The first-order valence-electron chi connectivity index (χ1n) is 8.65. The molecule has 0 spiro atoms. The predicted molar refractivity (Wildman–Crippen MR) is 102 cm³/mol. The SMILES string of the molecule is CC[C@H](c1ccncc1)N(C)C(=O)Nc1nn(-c2ccccc2)cc1C. The van der Waals surface area contributed by atoms with Gasteiger partial charge in [0.2, 0.25) is 0 Å². The van der Waals surface area contributed by atoms with Gasteiger partial charge in [0, 0.05) is 31.2 Å². The molecule has 1 aromatic carbocycles. The average molecular weight is 349 g/mol. The number of benzene rings is 1. The topological polar surface area (TPSA) is 63.1 Å². The van der Waals surface area contributed by atoms with Crippen molar-refractivity contribution in [2.24, 2.45) is 0 Å². The molecule has 0 unspecified atom stereocenters. The number of aromatic nitrogens is 3. The van der Waals surface area contributed by atoms with Gasteiger partial charge in [-0.3, -0.25) is 10.3 Å². The Morgan fingerprint density at radius 3 is 2.54 bits per heavy atom. The van der Waals surface area contributed by atoms with E-state index in [4.69, 9.17) is 0 Å². The number of hydrogen-bond acceptors (Lipinski definition) is 3. The van der Waals surface area contributed by atoms with E-state index in [9.17, 15) is 4.79 Å². The molecule has 6 heteroatoms. The number of carbonyl (C=O) groups excluding carboxylic acids is 1. The van der Waals surface area contributed by atoms with E-state index in [0.29, 0.717) is 5.82 Å². The van der Waals surface area contributed by atoms with Gasteiger partial charge in [-0.2, -0.15) is 0 Å². The normalized spacial score (nSPS) is 11.8. The minimum atomic E-state index is -0.185. The van der Waals surface area contributed by atoms with Crippen molar-refractivity contribution in [1.82, 2.24) is 19.7 Å². The van der Waals surface area contributed by atoms with Crippen LogP contribution in [0, 0.1) is 6.92 Å². The highest BCUT2D eigenvalue weighted by Crippen LogP contribution is 2.23. The third-order valence-corrected chi connectivity index (χ3v) is 4.41. The quantitative estimate of drug-likeness (QED) is 0.751. The van der Waals surface area contributed by atoms with E-state index in [1.54, 1.807) is 29.0 Å². The zero-order valence-corrected chi connectivity index (χ0v) is 15.3. The maximum absolute atomic E-state index is 12.7. The molecule has 26 heavy (non-hydrogen) atoms. The summed E-state index contributed by atoms with van der Waals surface area (Å²) in [6, 6.07) is 13.5. The van der Waals surface area contributed by atoms with E-state index < -0.39 is 0 Å². The van der Waals surface area contributed by atoms with Gasteiger partial charge in [-0.1, -0.05) is 25.1 Å². The highest BCUT2D eigenvalue weighted by atomic mass is 16.2. The number of rotatable bonds is 5. The van der Waals surface area contributed by atoms with Crippen LogP contribution in [0.25, 0.3) is 5.69 Å². The van der Waals surface area contributed by atoms with Gasteiger partial charge >= 0.3 is 6.03 Å². The fourth-order valence-electron chi connectivity index (χ4n) is 2.95. The average Bonchev–Trinajstić information content (AvgIpc) is 3.04. The van der Waals surface area contributed by atoms with Crippen molar-refractivity contribution in [2.75, 3.05) is 12.4 Å². The Morgan fingerprint density at radius 2 is 1.88 bits per heavy atom. The Bertz CT molecular complexity index is 860. The Balaban J connectivity index is 1.76. The van der Waals surface area contributed by atoms with Crippen LogP contribution in [0.2, 0.25) is 0 Å². The summed E-state index contributed by atoms with van der Waals surface area (Å²) in [6.07, 6.45) is 6.21. The molecule has 2 aromatic heterocycles. The molecule has 0 aliphatic carbocycles. The van der Waals surface area contributed by atoms with Crippen molar-refractivity contribution in [3.8, 4) is 5.69 Å². The molecule has 0 saturated heterocycles. The summed E-state index contributed by atoms with van der Waals surface area (Å²) in [7, 11) is 1.80. The van der Waals surface area contributed by atoms with Gasteiger partial charge in [0.1, 0.15) is 0 Å². The number of urea groups is 1. The van der Waals surface area contributed by atoms with Crippen molar-refractivity contribution in [3.63, 3.8) is 0 Å². The lowest BCUT2D eigenvalue weighted by atomic mass is 10.1. The number of carbonyl (C=O) groups is 1. The Hall–Kier alpha value is -3.15. The summed E-state index contributed by atoms with van der Waals surface area (Å²) in [5, 5.41) is 7.43. The lowest BCUT2D eigenvalue weighted by molar-refractivity contribution is 0.202. The molecule has 0 aliphatic rings. The maximum atomic E-state index is 12.7. The summed E-state index contributed by atoms with van der Waals surface area (Å²) in [4.78, 5) is 18.5. The van der Waals surface area contributed by atoms with Gasteiger partial charge in [0.05, 0.1) is 11.7 Å². The Morgan fingerprint density at radius 1 is 1.19 bits per heavy atom. The highest BCUT2D eigenvalue weighted by Gasteiger charge is 2.21. The molecule has 0 radical (unpaired) electrons. The molecular weight excluding hydrogens is 326 g/mol. The smallest absolute Gasteiger partial charge is 0.321 e. The van der Waals surface area contributed by atoms with Crippen molar-refractivity contribution in [1.29, 1.82) is 0 Å². The summed E-state index contributed by atoms with van der Waals surface area (Å²) < 4.78 is 1.77. The molecule has 0 bridgehead atoms. The molecule has 1 N–H and O–H groups in total. The van der Waals surface area contributed by atoms with Crippen molar-refractivity contribution in [2.45, 2.75) is 26.3 Å². The number of aryl methyl sites for hydroxylation is 1. The van der Waals surface area contributed by atoms with E-state index in [1.807, 2.05) is 55.6 Å². The molecule has 3 aromatic rings. The fourth-order valence-corrected chi connectivity index (χ4v) is 2.95. The van der Waals surface area contributed by atoms with Gasteiger partial charge in [0.25, 0.3) is 0 Å². The molecule has 2 amide bonds. The fraction of sp³-hybridized carbons (Fsp3) is 0.250. The predicted octanol–water partition coefficient (Wildman–Crippen LogP) is 4.19. The minimum absolute atomic E-state index is 0.0190. The summed E-state index contributed by atoms with van der Waals surface area (Å²) in [5.74, 6) is 0.565. The Labute approximate surface area is 153 Å². The number of amides is 2. The molecular formula is C20H23N5O. The molecule has 6 nitrogen and oxygen atoms in total. The third-order valence-electron chi connectivity index (χ3n) is 4.41. The van der Waals surface area contributed by atoms with Crippen LogP contribution in [0.4, 0.5) is 10.6 Å². The third kappa shape index (κ3) is 3.74. The molecule has 0 saturated carbocycles. The van der Waals surface area contributed by atoms with Crippen LogP contribution in [-0.2, 0) is 0 Å². The highest BCUT2D eigenvalue weighted by molar-refractivity contribution is 5.89. The molecule has 0 fully saturated rings. The van der Waals surface area contributed by atoms with Crippen LogP contribution in [-0.4, -0.2) is 32.7 Å². The minimum Gasteiger partial charge on any atom is -0.321 e. The lowest BCUT2D eigenvalue weighted by Gasteiger charge is -2.27. The van der Waals surface area contributed by atoms with Gasteiger partial charge < -0.3 is 4.90 Å². The first-order chi connectivity index (χ1) is 12.6. The number of anilines is 1. The second kappa shape index (κ2) is 7.82. The number of nitrogens with zero attached hydrogens (tertiary/aromatic N) is 4. The Kier molecular flexibility index (Phi) is 5.31. The second-order valence-electron chi connectivity index (χ2n) is 6.19. The zero-order chi connectivity index (χ0) is 18.5. The van der Waals surface area contributed by atoms with Crippen molar-refractivity contribution >= 4 is 11.8 Å². The van der Waals surface area contributed by atoms with E-state index >= 15 is 0 Å². The standard InChI is InChI=1S/C20H23N5O/c1-4-18(16-10-12-21-13-11-16)24(3)20(26)22-19-15(2)14-25(23-19)17-8-6-5-7-9-17/h5-14,18H,4H2,1-3H3,(H,22,23,26)/t18-/m1/s1. The van der Waals surface area contributed by atoms with Crippen LogP contribution in [0.3, 0.4) is 0 Å². The van der Waals surface area contributed by atoms with Crippen LogP contribution >= 0.6 is 0 Å². The monoisotopic (exact) mass is 349 g/mol. The van der Waals surface area contributed by atoms with E-state index in [2.05, 4.69) is 22.3 Å². The summed E-state index contributed by atoms with van der Waals surface area (Å²) >= 11 is 0. The number of para-hydroxylation sites is 1. The van der Waals surface area contributed by atoms with E-state index in [0.717, 1.165) is 23.2 Å². The van der Waals surface area contributed by atoms with Gasteiger partial charge in [-0.05, 0) is 43.2 Å². The molecule has 0 aliphatic heterocycles. The number of nitrogens with one attached hydrogen (secondary N) is 1. The van der Waals surface area contributed by atoms with Gasteiger partial charge in [-0.15, -0.1) is 5.10 Å². The maximum Gasteiger partial charge on any atom is 0.323 e. The lowest BCUT2D eigenvalue weighted by Crippen LogP contribution is -2.35. The molecule has 134 valence electrons. The summed E-state index contributed by atoms with van der Waals surface area (Å²) in [5.41, 5.74) is 2.92. The number of pyridine rings is 1. The van der Waals surface area contributed by atoms with E-state index in [1.165, 1.54) is 0 Å². The first-order valence-corrected chi connectivity index (χ1v) is 8.65. The first kappa shape index (κ1) is 17.7. The van der Waals surface area contributed by atoms with Gasteiger partial charge in [-0.25, -0.2) is 9.48 Å². The summed E-state index contributed by atoms with van der Waals surface area (Å²) in [6.45, 7) is 3.99. The van der Waals surface area contributed by atoms with Crippen LogP contribution in [0.5, 0.6) is 0 Å². The largest absolute Gasteiger partial charge is 0.323 e. The molecule has 2 heterocycles. The molecule has 1 atom stereocenters. The van der Waals surface area contributed by atoms with Crippen LogP contribution in [0.15, 0.2) is 61.1 Å². The number of hydrogen-bond donors (Lipinski definition) is 1.